The van der Waals surface area contributed by atoms with E-state index in [0.717, 1.165) is 36.6 Å². The molecule has 29 heavy (non-hydrogen) atoms. The van der Waals surface area contributed by atoms with Gasteiger partial charge < -0.3 is 4.90 Å². The third-order valence-electron chi connectivity index (χ3n) is 5.98. The number of hydrogen-bond acceptors (Lipinski definition) is 3. The van der Waals surface area contributed by atoms with E-state index in [-0.39, 0.29) is 23.1 Å². The molecule has 3 aromatic rings. The van der Waals surface area contributed by atoms with E-state index in [1.165, 1.54) is 12.0 Å². The molecule has 0 unspecified atom stereocenters. The molecule has 1 aliphatic carbocycles. The number of benzene rings is 1. The van der Waals surface area contributed by atoms with Crippen LogP contribution in [0.15, 0.2) is 53.5 Å². The van der Waals surface area contributed by atoms with Crippen LogP contribution in [0.25, 0.3) is 11.0 Å². The molecular weight excluding hydrogens is 362 g/mol. The van der Waals surface area contributed by atoms with Gasteiger partial charge in [0.25, 0.3) is 11.5 Å². The SMILES string of the molecule is Cc1ccc(Cn2c(=O)c(C(=O)N(C)C3CCCCC3)cc3cccnc32)cc1. The maximum Gasteiger partial charge on any atom is 0.265 e. The van der Waals surface area contributed by atoms with Gasteiger partial charge in [-0.3, -0.25) is 14.2 Å². The lowest BCUT2D eigenvalue weighted by Crippen LogP contribution is -2.41. The minimum Gasteiger partial charge on any atom is -0.339 e. The van der Waals surface area contributed by atoms with Crippen LogP contribution in [0.2, 0.25) is 0 Å². The number of aromatic nitrogens is 2. The summed E-state index contributed by atoms with van der Waals surface area (Å²) in [6, 6.07) is 13.7. The minimum absolute atomic E-state index is 0.190. The fourth-order valence-corrected chi connectivity index (χ4v) is 4.21. The summed E-state index contributed by atoms with van der Waals surface area (Å²) in [4.78, 5) is 32.8. The number of carbonyl (C=O) groups is 1. The molecule has 0 saturated heterocycles. The van der Waals surface area contributed by atoms with Crippen molar-refractivity contribution in [1.29, 1.82) is 0 Å². The second-order valence-electron chi connectivity index (χ2n) is 8.06. The fraction of sp³-hybridized carbons (Fsp3) is 0.375. The van der Waals surface area contributed by atoms with Crippen molar-refractivity contribution in [2.24, 2.45) is 0 Å². The predicted molar refractivity (Wildman–Crippen MR) is 115 cm³/mol. The van der Waals surface area contributed by atoms with E-state index in [2.05, 4.69) is 4.98 Å². The second kappa shape index (κ2) is 8.19. The van der Waals surface area contributed by atoms with E-state index in [4.69, 9.17) is 0 Å². The molecule has 4 rings (SSSR count). The largest absolute Gasteiger partial charge is 0.339 e. The number of aryl methyl sites for hydroxylation is 1. The summed E-state index contributed by atoms with van der Waals surface area (Å²) in [5.41, 5.74) is 2.74. The summed E-state index contributed by atoms with van der Waals surface area (Å²) >= 11 is 0. The molecule has 1 aliphatic rings. The second-order valence-corrected chi connectivity index (χ2v) is 8.06. The van der Waals surface area contributed by atoms with E-state index < -0.39 is 0 Å². The van der Waals surface area contributed by atoms with E-state index in [9.17, 15) is 9.59 Å². The van der Waals surface area contributed by atoms with Crippen molar-refractivity contribution in [2.75, 3.05) is 7.05 Å². The van der Waals surface area contributed by atoms with Gasteiger partial charge in [0.2, 0.25) is 0 Å². The number of pyridine rings is 2. The normalized spacial score (nSPS) is 14.8. The molecule has 5 heteroatoms. The van der Waals surface area contributed by atoms with Crippen LogP contribution in [0.1, 0.15) is 53.6 Å². The first kappa shape index (κ1) is 19.4. The molecule has 1 fully saturated rings. The molecule has 0 atom stereocenters. The Morgan fingerprint density at radius 3 is 2.59 bits per heavy atom. The zero-order valence-electron chi connectivity index (χ0n) is 17.1. The smallest absolute Gasteiger partial charge is 0.265 e. The van der Waals surface area contributed by atoms with Crippen LogP contribution < -0.4 is 5.56 Å². The number of nitrogens with zero attached hydrogens (tertiary/aromatic N) is 3. The minimum atomic E-state index is -0.274. The molecule has 1 saturated carbocycles. The lowest BCUT2D eigenvalue weighted by Gasteiger charge is -2.31. The van der Waals surface area contributed by atoms with Gasteiger partial charge in [0, 0.05) is 24.7 Å². The number of amides is 1. The highest BCUT2D eigenvalue weighted by atomic mass is 16.2. The molecule has 0 spiro atoms. The van der Waals surface area contributed by atoms with Crippen molar-refractivity contribution in [3.63, 3.8) is 0 Å². The van der Waals surface area contributed by atoms with E-state index in [1.807, 2.05) is 50.4 Å². The lowest BCUT2D eigenvalue weighted by atomic mass is 9.94. The van der Waals surface area contributed by atoms with Crippen molar-refractivity contribution >= 4 is 16.9 Å². The van der Waals surface area contributed by atoms with E-state index in [1.54, 1.807) is 21.7 Å². The molecule has 1 aromatic carbocycles. The molecular formula is C24H27N3O2. The summed E-state index contributed by atoms with van der Waals surface area (Å²) in [5, 5.41) is 0.805. The van der Waals surface area contributed by atoms with Gasteiger partial charge in [-0.15, -0.1) is 0 Å². The molecule has 0 N–H and O–H groups in total. The summed E-state index contributed by atoms with van der Waals surface area (Å²) in [6.07, 6.45) is 7.21. The summed E-state index contributed by atoms with van der Waals surface area (Å²) < 4.78 is 1.63. The highest BCUT2D eigenvalue weighted by Gasteiger charge is 2.26. The molecule has 150 valence electrons. The van der Waals surface area contributed by atoms with Gasteiger partial charge in [0.05, 0.1) is 6.54 Å². The highest BCUT2D eigenvalue weighted by Crippen LogP contribution is 2.23. The van der Waals surface area contributed by atoms with Crippen LogP contribution in [0.3, 0.4) is 0 Å². The molecule has 1 amide bonds. The first-order chi connectivity index (χ1) is 14.0. The van der Waals surface area contributed by atoms with Crippen molar-refractivity contribution in [1.82, 2.24) is 14.5 Å². The van der Waals surface area contributed by atoms with E-state index in [0.29, 0.717) is 12.2 Å². The molecule has 2 aromatic heterocycles. The van der Waals surface area contributed by atoms with Crippen LogP contribution in [-0.2, 0) is 6.54 Å². The maximum absolute atomic E-state index is 13.4. The van der Waals surface area contributed by atoms with Gasteiger partial charge in [-0.05, 0) is 43.5 Å². The van der Waals surface area contributed by atoms with Gasteiger partial charge in [0.1, 0.15) is 11.2 Å². The van der Waals surface area contributed by atoms with Gasteiger partial charge in [-0.1, -0.05) is 49.1 Å². The number of carbonyl (C=O) groups excluding carboxylic acids is 1. The summed E-state index contributed by atoms with van der Waals surface area (Å²) in [5.74, 6) is -0.190. The molecule has 2 heterocycles. The first-order valence-corrected chi connectivity index (χ1v) is 10.4. The van der Waals surface area contributed by atoms with Crippen LogP contribution in [0, 0.1) is 6.92 Å². The first-order valence-electron chi connectivity index (χ1n) is 10.4. The third kappa shape index (κ3) is 3.95. The Bertz CT molecular complexity index is 1080. The summed E-state index contributed by atoms with van der Waals surface area (Å²) in [7, 11) is 1.83. The van der Waals surface area contributed by atoms with Crippen molar-refractivity contribution in [3.8, 4) is 0 Å². The Balaban J connectivity index is 1.76. The zero-order valence-corrected chi connectivity index (χ0v) is 17.1. The zero-order chi connectivity index (χ0) is 20.4. The van der Waals surface area contributed by atoms with Crippen LogP contribution >= 0.6 is 0 Å². The van der Waals surface area contributed by atoms with Gasteiger partial charge >= 0.3 is 0 Å². The van der Waals surface area contributed by atoms with Gasteiger partial charge in [-0.25, -0.2) is 4.98 Å². The molecule has 0 bridgehead atoms. The van der Waals surface area contributed by atoms with Crippen LogP contribution in [0.5, 0.6) is 0 Å². The van der Waals surface area contributed by atoms with Gasteiger partial charge in [-0.2, -0.15) is 0 Å². The molecule has 0 aliphatic heterocycles. The summed E-state index contributed by atoms with van der Waals surface area (Å²) in [6.45, 7) is 2.42. The van der Waals surface area contributed by atoms with Crippen molar-refractivity contribution in [3.05, 3.63) is 75.7 Å². The average Bonchev–Trinajstić information content (AvgIpc) is 2.76. The average molecular weight is 389 g/mol. The quantitative estimate of drug-likeness (QED) is 0.673. The Hall–Kier alpha value is -2.95. The Labute approximate surface area is 171 Å². The highest BCUT2D eigenvalue weighted by molar-refractivity contribution is 5.97. The number of rotatable bonds is 4. The van der Waals surface area contributed by atoms with E-state index >= 15 is 0 Å². The lowest BCUT2D eigenvalue weighted by molar-refractivity contribution is 0.0694. The van der Waals surface area contributed by atoms with Crippen molar-refractivity contribution in [2.45, 2.75) is 51.6 Å². The Morgan fingerprint density at radius 2 is 1.86 bits per heavy atom. The number of fused-ring (bicyclic) bond motifs is 1. The Morgan fingerprint density at radius 1 is 1.14 bits per heavy atom. The molecule has 0 radical (unpaired) electrons. The maximum atomic E-state index is 13.4. The van der Waals surface area contributed by atoms with Crippen LogP contribution in [-0.4, -0.2) is 33.4 Å². The topological polar surface area (TPSA) is 55.2 Å². The van der Waals surface area contributed by atoms with Crippen LogP contribution in [0.4, 0.5) is 0 Å². The number of hydrogen-bond donors (Lipinski definition) is 0. The van der Waals surface area contributed by atoms with Crippen molar-refractivity contribution < 1.29 is 4.79 Å². The third-order valence-corrected chi connectivity index (χ3v) is 5.98. The standard InChI is InChI=1S/C24H27N3O2/c1-17-10-12-18(13-11-17)16-27-22-19(7-6-14-25-22)15-21(24(27)29)23(28)26(2)20-8-4-3-5-9-20/h6-7,10-15,20H,3-5,8-9,16H2,1-2H3. The monoisotopic (exact) mass is 389 g/mol. The van der Waals surface area contributed by atoms with Gasteiger partial charge in [0.15, 0.2) is 0 Å². The molecule has 5 nitrogen and oxygen atoms in total. The fourth-order valence-electron chi connectivity index (χ4n) is 4.21. The Kier molecular flexibility index (Phi) is 5.47. The predicted octanol–water partition coefficient (Wildman–Crippen LogP) is 4.16.